The first-order valence-corrected chi connectivity index (χ1v) is 8.54. The number of nitrogens with zero attached hydrogens (tertiary/aromatic N) is 1. The van der Waals surface area contributed by atoms with Crippen LogP contribution >= 0.6 is 34.7 Å². The molecule has 22 heavy (non-hydrogen) atoms. The Labute approximate surface area is 145 Å². The van der Waals surface area contributed by atoms with Gasteiger partial charge in [-0.1, -0.05) is 81.2 Å². The van der Waals surface area contributed by atoms with E-state index in [2.05, 4.69) is 4.37 Å². The summed E-state index contributed by atoms with van der Waals surface area (Å²) in [6.45, 7) is 8.00. The van der Waals surface area contributed by atoms with Gasteiger partial charge in [0.2, 0.25) is 0 Å². The van der Waals surface area contributed by atoms with E-state index in [1.54, 1.807) is 30.3 Å². The van der Waals surface area contributed by atoms with Crippen LogP contribution in [0.3, 0.4) is 0 Å². The number of halogens is 2. The molecule has 0 aliphatic rings. The van der Waals surface area contributed by atoms with Gasteiger partial charge in [0.25, 0.3) is 0 Å². The Morgan fingerprint density at radius 1 is 1.00 bits per heavy atom. The molecule has 3 nitrogen and oxygen atoms in total. The molecule has 1 heterocycles. The van der Waals surface area contributed by atoms with Crippen LogP contribution in [0.2, 0.25) is 10.2 Å². The van der Waals surface area contributed by atoms with Gasteiger partial charge >= 0.3 is 0 Å². The maximum absolute atomic E-state index is 11.9. The van der Waals surface area contributed by atoms with Crippen LogP contribution in [0.25, 0.3) is 0 Å². The van der Waals surface area contributed by atoms with Crippen molar-refractivity contribution in [1.29, 1.82) is 0 Å². The number of benzene rings is 1. The third-order valence-electron chi connectivity index (χ3n) is 2.27. The molecule has 0 saturated heterocycles. The van der Waals surface area contributed by atoms with Crippen molar-refractivity contribution in [3.63, 3.8) is 0 Å². The highest BCUT2D eigenvalue weighted by atomic mass is 35.5. The molecular formula is C16H19Cl2NO2S. The molecule has 0 aliphatic heterocycles. The van der Waals surface area contributed by atoms with Gasteiger partial charge in [0.05, 0.1) is 6.42 Å². The monoisotopic (exact) mass is 359 g/mol. The molecule has 1 aromatic heterocycles. The lowest BCUT2D eigenvalue weighted by atomic mass is 10.1. The van der Waals surface area contributed by atoms with Gasteiger partial charge in [-0.3, -0.25) is 9.59 Å². The molecule has 0 amide bonds. The van der Waals surface area contributed by atoms with E-state index in [0.29, 0.717) is 5.56 Å². The average Bonchev–Trinajstić information content (AvgIpc) is 2.91. The normalized spacial score (nSPS) is 9.00. The van der Waals surface area contributed by atoms with E-state index < -0.39 is 0 Å². The molecule has 0 radical (unpaired) electrons. The summed E-state index contributed by atoms with van der Waals surface area (Å²) in [6, 6.07) is 8.62. The van der Waals surface area contributed by atoms with Gasteiger partial charge in [0.1, 0.15) is 9.90 Å². The molecule has 120 valence electrons. The average molecular weight is 360 g/mol. The van der Waals surface area contributed by atoms with Gasteiger partial charge in [0, 0.05) is 5.56 Å². The zero-order valence-corrected chi connectivity index (χ0v) is 15.4. The summed E-state index contributed by atoms with van der Waals surface area (Å²) in [5.74, 6) is -0.612. The second kappa shape index (κ2) is 11.4. The summed E-state index contributed by atoms with van der Waals surface area (Å²) in [5.41, 5.74) is 0.498. The molecule has 0 atom stereocenters. The summed E-state index contributed by atoms with van der Waals surface area (Å²) in [5, 5.41) is 0.213. The topological polar surface area (TPSA) is 47.0 Å². The quantitative estimate of drug-likeness (QED) is 0.499. The number of ketones is 2. The lowest BCUT2D eigenvalue weighted by molar-refractivity contribution is 0.0896. The second-order valence-electron chi connectivity index (χ2n) is 3.51. The number of hydrogen-bond acceptors (Lipinski definition) is 4. The molecule has 6 heteroatoms. The predicted molar refractivity (Wildman–Crippen MR) is 94.6 cm³/mol. The fraction of sp³-hybridized carbons (Fsp3) is 0.312. The van der Waals surface area contributed by atoms with Crippen LogP contribution in [0.1, 0.15) is 54.1 Å². The molecule has 2 rings (SSSR count). The third kappa shape index (κ3) is 5.87. The fourth-order valence-electron chi connectivity index (χ4n) is 1.39. The lowest BCUT2D eigenvalue weighted by Crippen LogP contribution is -2.07. The number of hydrogen-bond donors (Lipinski definition) is 0. The first-order valence-electron chi connectivity index (χ1n) is 7.01. The van der Waals surface area contributed by atoms with Gasteiger partial charge in [-0.05, 0) is 11.5 Å². The Morgan fingerprint density at radius 2 is 1.55 bits per heavy atom. The summed E-state index contributed by atoms with van der Waals surface area (Å²) in [6.07, 6.45) is -0.234. The number of rotatable bonds is 4. The Morgan fingerprint density at radius 3 is 2.00 bits per heavy atom. The molecule has 0 bridgehead atoms. The largest absolute Gasteiger partial charge is 0.294 e. The highest BCUT2D eigenvalue weighted by Gasteiger charge is 2.20. The molecule has 1 aromatic carbocycles. The minimum atomic E-state index is -0.363. The molecule has 0 N–H and O–H groups in total. The predicted octanol–water partition coefficient (Wildman–Crippen LogP) is 5.96. The Bertz CT molecular complexity index is 597. The van der Waals surface area contributed by atoms with Crippen molar-refractivity contribution in [2.45, 2.75) is 34.1 Å². The minimum absolute atomic E-state index is 0.0946. The van der Waals surface area contributed by atoms with Gasteiger partial charge < -0.3 is 0 Å². The minimum Gasteiger partial charge on any atom is -0.294 e. The van der Waals surface area contributed by atoms with Crippen molar-refractivity contribution < 1.29 is 9.59 Å². The van der Waals surface area contributed by atoms with Crippen LogP contribution in [0.15, 0.2) is 30.3 Å². The zero-order valence-electron chi connectivity index (χ0n) is 13.0. The summed E-state index contributed by atoms with van der Waals surface area (Å²) in [7, 11) is 0. The highest BCUT2D eigenvalue weighted by molar-refractivity contribution is 7.09. The van der Waals surface area contributed by atoms with E-state index in [9.17, 15) is 9.59 Å². The summed E-state index contributed by atoms with van der Waals surface area (Å²) in [4.78, 5) is 23.9. The first-order chi connectivity index (χ1) is 10.6. The number of carbonyl (C=O) groups excluding carboxylic acids is 2. The summed E-state index contributed by atoms with van der Waals surface area (Å²) < 4.78 is 3.76. The van der Waals surface area contributed by atoms with Crippen LogP contribution in [0.5, 0.6) is 0 Å². The van der Waals surface area contributed by atoms with Gasteiger partial charge in [-0.15, -0.1) is 0 Å². The molecule has 0 spiro atoms. The molecule has 0 fully saturated rings. The maximum atomic E-state index is 11.9. The van der Waals surface area contributed by atoms with Crippen molar-refractivity contribution in [2.24, 2.45) is 0 Å². The van der Waals surface area contributed by atoms with Gasteiger partial charge in [-0.2, -0.15) is 4.37 Å². The highest BCUT2D eigenvalue weighted by Crippen LogP contribution is 2.29. The number of aromatic nitrogens is 1. The van der Waals surface area contributed by atoms with E-state index in [-0.39, 0.29) is 33.0 Å². The van der Waals surface area contributed by atoms with Crippen LogP contribution < -0.4 is 0 Å². The SMILES string of the molecule is CC.CC.O=C(CC(=O)c1snc(Cl)c1Cl)c1ccccc1. The van der Waals surface area contributed by atoms with E-state index in [1.165, 1.54) is 0 Å². The second-order valence-corrected chi connectivity index (χ2v) is 5.02. The fourth-order valence-corrected chi connectivity index (χ4v) is 2.55. The molecular weight excluding hydrogens is 341 g/mol. The molecule has 2 aromatic rings. The molecule has 0 aliphatic carbocycles. The van der Waals surface area contributed by atoms with E-state index in [1.807, 2.05) is 27.7 Å². The van der Waals surface area contributed by atoms with Crippen LogP contribution in [-0.2, 0) is 0 Å². The van der Waals surface area contributed by atoms with Crippen molar-refractivity contribution in [3.8, 4) is 0 Å². The van der Waals surface area contributed by atoms with Crippen molar-refractivity contribution >= 4 is 46.3 Å². The number of Topliss-reactive ketones (excluding diaryl/α,β-unsaturated/α-hetero) is 2. The Kier molecular flexibility index (Phi) is 10.7. The van der Waals surface area contributed by atoms with E-state index in [4.69, 9.17) is 23.2 Å². The number of carbonyl (C=O) groups is 2. The summed E-state index contributed by atoms with van der Waals surface area (Å²) >= 11 is 12.4. The Hall–Kier alpha value is -1.23. The van der Waals surface area contributed by atoms with Gasteiger partial charge in [0.15, 0.2) is 16.7 Å². The molecule has 0 unspecified atom stereocenters. The Balaban J connectivity index is 0.00000102. The first kappa shape index (κ1) is 20.8. The standard InChI is InChI=1S/C12H7Cl2NO2S.2C2H6/c13-10-11(18-15-12(10)14)9(17)6-8(16)7-4-2-1-3-5-7;2*1-2/h1-5H,6H2;2*1-2H3. The van der Waals surface area contributed by atoms with Crippen molar-refractivity contribution in [2.75, 3.05) is 0 Å². The van der Waals surface area contributed by atoms with Crippen molar-refractivity contribution in [3.05, 3.63) is 50.9 Å². The van der Waals surface area contributed by atoms with Crippen LogP contribution in [0.4, 0.5) is 0 Å². The van der Waals surface area contributed by atoms with E-state index in [0.717, 1.165) is 11.5 Å². The van der Waals surface area contributed by atoms with E-state index >= 15 is 0 Å². The molecule has 0 saturated carbocycles. The van der Waals surface area contributed by atoms with Crippen LogP contribution in [-0.4, -0.2) is 15.9 Å². The maximum Gasteiger partial charge on any atom is 0.183 e. The lowest BCUT2D eigenvalue weighted by Gasteiger charge is -1.99. The third-order valence-corrected chi connectivity index (χ3v) is 4.11. The zero-order chi connectivity index (χ0) is 17.1. The van der Waals surface area contributed by atoms with Crippen molar-refractivity contribution in [1.82, 2.24) is 4.37 Å². The smallest absolute Gasteiger partial charge is 0.183 e. The van der Waals surface area contributed by atoms with Crippen LogP contribution in [0, 0.1) is 0 Å². The van der Waals surface area contributed by atoms with Gasteiger partial charge in [-0.25, -0.2) is 0 Å².